The third kappa shape index (κ3) is 1.48. The molecular weight excluding hydrogens is 254 g/mol. The van der Waals surface area contributed by atoms with Gasteiger partial charge in [-0.3, -0.25) is 9.59 Å². The highest BCUT2D eigenvalue weighted by atomic mass is 16.5. The lowest BCUT2D eigenvalue weighted by atomic mass is 9.78. The minimum Gasteiger partial charge on any atom is -0.489 e. The first kappa shape index (κ1) is 11.9. The second-order valence-electron chi connectivity index (χ2n) is 5.98. The summed E-state index contributed by atoms with van der Waals surface area (Å²) in [6.07, 6.45) is 2.05. The van der Waals surface area contributed by atoms with E-state index in [1.54, 1.807) is 0 Å². The van der Waals surface area contributed by atoms with Gasteiger partial charge < -0.3 is 9.64 Å². The van der Waals surface area contributed by atoms with Gasteiger partial charge in [0.2, 0.25) is 5.91 Å². The van der Waals surface area contributed by atoms with Crippen LogP contribution in [-0.4, -0.2) is 35.3 Å². The van der Waals surface area contributed by atoms with E-state index in [9.17, 15) is 9.59 Å². The predicted molar refractivity (Wildman–Crippen MR) is 72.8 cm³/mol. The van der Waals surface area contributed by atoms with Crippen LogP contribution in [-0.2, 0) is 4.79 Å². The van der Waals surface area contributed by atoms with Gasteiger partial charge in [0, 0.05) is 25.4 Å². The van der Waals surface area contributed by atoms with Crippen LogP contribution in [0.25, 0.3) is 0 Å². The molecule has 4 nitrogen and oxygen atoms in total. The first-order chi connectivity index (χ1) is 9.66. The largest absolute Gasteiger partial charge is 0.489 e. The number of aryl methyl sites for hydroxylation is 1. The van der Waals surface area contributed by atoms with Crippen molar-refractivity contribution >= 4 is 11.7 Å². The van der Waals surface area contributed by atoms with Crippen molar-refractivity contribution in [1.29, 1.82) is 0 Å². The van der Waals surface area contributed by atoms with Crippen LogP contribution in [0.5, 0.6) is 5.75 Å². The molecule has 0 N–H and O–H groups in total. The number of fused-ring (bicyclic) bond motifs is 4. The molecule has 0 saturated carbocycles. The van der Waals surface area contributed by atoms with E-state index in [4.69, 9.17) is 4.74 Å². The average molecular weight is 271 g/mol. The zero-order valence-corrected chi connectivity index (χ0v) is 11.5. The van der Waals surface area contributed by atoms with Crippen molar-refractivity contribution in [3.63, 3.8) is 0 Å². The molecular formula is C16H17NO3. The lowest BCUT2D eigenvalue weighted by Gasteiger charge is -2.44. The van der Waals surface area contributed by atoms with Crippen molar-refractivity contribution < 1.29 is 14.3 Å². The fourth-order valence-corrected chi connectivity index (χ4v) is 3.97. The van der Waals surface area contributed by atoms with E-state index in [1.165, 1.54) is 0 Å². The highest BCUT2D eigenvalue weighted by Crippen LogP contribution is 2.42. The molecule has 4 heteroatoms. The third-order valence-electron chi connectivity index (χ3n) is 4.91. The maximum absolute atomic E-state index is 12.9. The van der Waals surface area contributed by atoms with Gasteiger partial charge in [-0.15, -0.1) is 0 Å². The first-order valence-electron chi connectivity index (χ1n) is 7.27. The van der Waals surface area contributed by atoms with Gasteiger partial charge in [0.15, 0.2) is 5.78 Å². The number of benzene rings is 1. The predicted octanol–water partition coefficient (Wildman–Crippen LogP) is 1.95. The molecule has 3 atom stereocenters. The number of piperidine rings is 1. The molecule has 0 unspecified atom stereocenters. The van der Waals surface area contributed by atoms with Gasteiger partial charge in [0.1, 0.15) is 11.9 Å². The minimum absolute atomic E-state index is 0.0431. The summed E-state index contributed by atoms with van der Waals surface area (Å²) in [5.74, 6) is 0.897. The topological polar surface area (TPSA) is 46.6 Å². The normalized spacial score (nSPS) is 31.4. The standard InChI is InChI=1S/C16H17NO3/c1-9-3-2-4-11-14(9)16(19)15-10-5-6-13(18)17(10)8-7-12(15)20-11/h2-4,10,12,15H,5-8H2,1H3/t10-,12-,15-/m0/s1. The molecule has 0 bridgehead atoms. The van der Waals surface area contributed by atoms with E-state index in [1.807, 2.05) is 30.0 Å². The molecule has 3 aliphatic heterocycles. The Hall–Kier alpha value is -1.84. The van der Waals surface area contributed by atoms with Crippen LogP contribution in [0.15, 0.2) is 18.2 Å². The van der Waals surface area contributed by atoms with Crippen LogP contribution in [0.1, 0.15) is 35.2 Å². The summed E-state index contributed by atoms with van der Waals surface area (Å²) in [5, 5.41) is 0. The molecule has 3 aliphatic rings. The quantitative estimate of drug-likeness (QED) is 0.724. The summed E-state index contributed by atoms with van der Waals surface area (Å²) >= 11 is 0. The number of hydrogen-bond donors (Lipinski definition) is 0. The number of amides is 1. The van der Waals surface area contributed by atoms with Gasteiger partial charge in [-0.2, -0.15) is 0 Å². The highest BCUT2D eigenvalue weighted by Gasteiger charge is 2.50. The van der Waals surface area contributed by atoms with Crippen LogP contribution in [0.2, 0.25) is 0 Å². The number of ketones is 1. The highest BCUT2D eigenvalue weighted by molar-refractivity contribution is 6.04. The van der Waals surface area contributed by atoms with E-state index in [-0.39, 0.29) is 29.8 Å². The van der Waals surface area contributed by atoms with Crippen LogP contribution in [0.4, 0.5) is 0 Å². The fraction of sp³-hybridized carbons (Fsp3) is 0.500. The van der Waals surface area contributed by atoms with Crippen LogP contribution in [0.3, 0.4) is 0 Å². The summed E-state index contributed by atoms with van der Waals surface area (Å²) in [6.45, 7) is 2.67. The zero-order valence-electron chi connectivity index (χ0n) is 11.5. The van der Waals surface area contributed by atoms with Crippen molar-refractivity contribution in [3.8, 4) is 5.75 Å². The molecule has 2 saturated heterocycles. The van der Waals surface area contributed by atoms with E-state index in [0.717, 1.165) is 30.5 Å². The molecule has 20 heavy (non-hydrogen) atoms. The van der Waals surface area contributed by atoms with E-state index in [0.29, 0.717) is 12.2 Å². The molecule has 2 fully saturated rings. The van der Waals surface area contributed by atoms with Crippen molar-refractivity contribution in [2.45, 2.75) is 38.3 Å². The number of carbonyl (C=O) groups is 2. The van der Waals surface area contributed by atoms with Gasteiger partial charge in [-0.05, 0) is 25.0 Å². The van der Waals surface area contributed by atoms with Crippen LogP contribution < -0.4 is 4.74 Å². The Balaban J connectivity index is 1.78. The summed E-state index contributed by atoms with van der Waals surface area (Å²) in [6, 6.07) is 5.79. The second-order valence-corrected chi connectivity index (χ2v) is 5.98. The monoisotopic (exact) mass is 271 g/mol. The maximum atomic E-state index is 12.9. The van der Waals surface area contributed by atoms with Crippen molar-refractivity contribution in [2.75, 3.05) is 6.54 Å². The Morgan fingerprint density at radius 1 is 1.25 bits per heavy atom. The van der Waals surface area contributed by atoms with E-state index >= 15 is 0 Å². The molecule has 1 aromatic carbocycles. The minimum atomic E-state index is -0.177. The van der Waals surface area contributed by atoms with Gasteiger partial charge >= 0.3 is 0 Å². The first-order valence-corrected chi connectivity index (χ1v) is 7.27. The molecule has 1 aromatic rings. The molecule has 4 rings (SSSR count). The number of nitrogens with zero attached hydrogens (tertiary/aromatic N) is 1. The summed E-state index contributed by atoms with van der Waals surface area (Å²) < 4.78 is 6.07. The molecule has 0 spiro atoms. The molecule has 3 heterocycles. The Morgan fingerprint density at radius 3 is 2.95 bits per heavy atom. The van der Waals surface area contributed by atoms with Crippen LogP contribution in [0, 0.1) is 12.8 Å². The number of Topliss-reactive ketones (excluding diaryl/α,β-unsaturated/α-hetero) is 1. The lowest BCUT2D eigenvalue weighted by Crippen LogP contribution is -2.55. The van der Waals surface area contributed by atoms with Crippen molar-refractivity contribution in [3.05, 3.63) is 29.3 Å². The summed E-state index contributed by atoms with van der Waals surface area (Å²) in [5.41, 5.74) is 1.68. The molecule has 0 aromatic heterocycles. The van der Waals surface area contributed by atoms with E-state index in [2.05, 4.69) is 0 Å². The smallest absolute Gasteiger partial charge is 0.222 e. The van der Waals surface area contributed by atoms with Crippen molar-refractivity contribution in [2.24, 2.45) is 5.92 Å². The second kappa shape index (κ2) is 4.08. The molecule has 0 aliphatic carbocycles. The molecule has 0 radical (unpaired) electrons. The molecule has 1 amide bonds. The van der Waals surface area contributed by atoms with Crippen molar-refractivity contribution in [1.82, 2.24) is 4.90 Å². The van der Waals surface area contributed by atoms with Gasteiger partial charge in [-0.25, -0.2) is 0 Å². The average Bonchev–Trinajstić information content (AvgIpc) is 2.80. The third-order valence-corrected chi connectivity index (χ3v) is 4.91. The Morgan fingerprint density at radius 2 is 2.10 bits per heavy atom. The van der Waals surface area contributed by atoms with Gasteiger partial charge in [0.05, 0.1) is 11.5 Å². The number of rotatable bonds is 0. The summed E-state index contributed by atoms with van der Waals surface area (Å²) in [7, 11) is 0. The number of hydrogen-bond acceptors (Lipinski definition) is 3. The Labute approximate surface area is 117 Å². The Bertz CT molecular complexity index is 610. The van der Waals surface area contributed by atoms with Gasteiger partial charge in [-0.1, -0.05) is 12.1 Å². The summed E-state index contributed by atoms with van der Waals surface area (Å²) in [4.78, 5) is 26.7. The lowest BCUT2D eigenvalue weighted by molar-refractivity contribution is -0.131. The number of ether oxygens (including phenoxy) is 1. The molecule has 104 valence electrons. The Kier molecular flexibility index (Phi) is 2.43. The maximum Gasteiger partial charge on any atom is 0.222 e. The van der Waals surface area contributed by atoms with E-state index < -0.39 is 0 Å². The number of carbonyl (C=O) groups excluding carboxylic acids is 2. The van der Waals surface area contributed by atoms with Gasteiger partial charge in [0.25, 0.3) is 0 Å². The SMILES string of the molecule is Cc1cccc2c1C(=O)[C@@H]1[C@H](CCN3C(=O)CC[C@@H]13)O2. The zero-order chi connectivity index (χ0) is 13.9. The fourth-order valence-electron chi connectivity index (χ4n) is 3.97. The van der Waals surface area contributed by atoms with Crippen LogP contribution >= 0.6 is 0 Å².